The van der Waals surface area contributed by atoms with Crippen LogP contribution in [-0.4, -0.2) is 0 Å². The summed E-state index contributed by atoms with van der Waals surface area (Å²) in [7, 11) is 0. The van der Waals surface area contributed by atoms with E-state index >= 15 is 0 Å². The van der Waals surface area contributed by atoms with E-state index in [1.54, 1.807) is 13.0 Å². The van der Waals surface area contributed by atoms with Gasteiger partial charge < -0.3 is 0 Å². The molecule has 21 heavy (non-hydrogen) atoms. The van der Waals surface area contributed by atoms with Gasteiger partial charge >= 0.3 is 6.18 Å². The van der Waals surface area contributed by atoms with Crippen LogP contribution in [0.25, 0.3) is 0 Å². The fourth-order valence-corrected chi connectivity index (χ4v) is 2.93. The Balaban J connectivity index is 2.08. The van der Waals surface area contributed by atoms with Crippen molar-refractivity contribution in [2.24, 2.45) is 0 Å². The summed E-state index contributed by atoms with van der Waals surface area (Å²) in [6.45, 7) is 3.61. The zero-order valence-electron chi connectivity index (χ0n) is 11.6. The van der Waals surface area contributed by atoms with Crippen molar-refractivity contribution >= 4 is 11.8 Å². The van der Waals surface area contributed by atoms with Gasteiger partial charge in [-0.3, -0.25) is 5.11 Å². The molecule has 0 saturated heterocycles. The topological polar surface area (TPSA) is 19.9 Å². The van der Waals surface area contributed by atoms with Crippen molar-refractivity contribution in [1.29, 1.82) is 0 Å². The Morgan fingerprint density at radius 1 is 1.00 bits per heavy atom. The lowest BCUT2D eigenvalue weighted by molar-refractivity contribution is -0.137. The van der Waals surface area contributed by atoms with E-state index in [1.165, 1.54) is 23.9 Å². The van der Waals surface area contributed by atoms with Gasteiger partial charge in [-0.15, -0.1) is 11.8 Å². The van der Waals surface area contributed by atoms with Crippen LogP contribution in [0.1, 0.15) is 22.3 Å². The summed E-state index contributed by atoms with van der Waals surface area (Å²) < 4.78 is 37.4. The van der Waals surface area contributed by atoms with Gasteiger partial charge in [-0.25, -0.2) is 0 Å². The van der Waals surface area contributed by atoms with Crippen molar-refractivity contribution in [1.82, 2.24) is 0 Å². The smallest absolute Gasteiger partial charge is 0.290 e. The van der Waals surface area contributed by atoms with Crippen molar-refractivity contribution in [3.05, 3.63) is 58.7 Å². The number of aryl methyl sites for hydroxylation is 2. The van der Waals surface area contributed by atoms with Crippen LogP contribution in [-0.2, 0) is 17.0 Å². The predicted molar refractivity (Wildman–Crippen MR) is 77.1 cm³/mol. The molecule has 0 N–H and O–H groups in total. The second-order valence-electron chi connectivity index (χ2n) is 4.87. The largest absolute Gasteiger partial charge is 0.416 e. The van der Waals surface area contributed by atoms with Crippen molar-refractivity contribution in [2.75, 3.05) is 0 Å². The Hall–Kier alpha value is -1.62. The third kappa shape index (κ3) is 3.94. The highest BCUT2D eigenvalue weighted by Gasteiger charge is 2.29. The molecule has 2 aromatic rings. The molecule has 0 aliphatic heterocycles. The van der Waals surface area contributed by atoms with Crippen LogP contribution in [0, 0.1) is 13.8 Å². The molecule has 1 nitrogen and oxygen atoms in total. The minimum absolute atomic E-state index is 0.00591. The van der Waals surface area contributed by atoms with Gasteiger partial charge in [0.1, 0.15) is 0 Å². The van der Waals surface area contributed by atoms with Crippen LogP contribution < -0.4 is 0 Å². The maximum absolute atomic E-state index is 12.5. The fourth-order valence-electron chi connectivity index (χ4n) is 1.87. The molecule has 0 aliphatic rings. The summed E-state index contributed by atoms with van der Waals surface area (Å²) in [5.74, 6) is 0.572. The Morgan fingerprint density at radius 3 is 2.19 bits per heavy atom. The lowest BCUT2D eigenvalue weighted by atomic mass is 10.1. The van der Waals surface area contributed by atoms with Crippen molar-refractivity contribution in [3.8, 4) is 5.75 Å². The molecule has 0 unspecified atom stereocenters. The molecule has 0 spiro atoms. The molecule has 0 saturated carbocycles. The molecule has 0 heterocycles. The first kappa shape index (κ1) is 15.8. The van der Waals surface area contributed by atoms with Crippen molar-refractivity contribution < 1.29 is 18.3 Å². The van der Waals surface area contributed by atoms with Gasteiger partial charge in [-0.05, 0) is 54.8 Å². The fraction of sp³-hybridized carbons (Fsp3) is 0.250. The SMILES string of the molecule is Cc1cc(SCc2ccc(C(F)(F)F)cc2)c(C)cc1[O]. The van der Waals surface area contributed by atoms with Crippen molar-refractivity contribution in [3.63, 3.8) is 0 Å². The zero-order chi connectivity index (χ0) is 15.6. The van der Waals surface area contributed by atoms with E-state index in [1.807, 2.05) is 13.0 Å². The zero-order valence-corrected chi connectivity index (χ0v) is 12.4. The number of thioether (sulfide) groups is 1. The lowest BCUT2D eigenvalue weighted by Gasteiger charge is -2.09. The average molecular weight is 311 g/mol. The van der Waals surface area contributed by atoms with Gasteiger partial charge in [-0.1, -0.05) is 12.1 Å². The van der Waals surface area contributed by atoms with E-state index in [0.717, 1.165) is 28.2 Å². The third-order valence-electron chi connectivity index (χ3n) is 3.15. The summed E-state index contributed by atoms with van der Waals surface area (Å²) in [5.41, 5.74) is 1.74. The van der Waals surface area contributed by atoms with Crippen molar-refractivity contribution in [2.45, 2.75) is 30.7 Å². The predicted octanol–water partition coefficient (Wildman–Crippen LogP) is 5.76. The molecule has 0 aliphatic carbocycles. The van der Waals surface area contributed by atoms with Gasteiger partial charge in [0.15, 0.2) is 5.75 Å². The van der Waals surface area contributed by atoms with Crippen LogP contribution >= 0.6 is 11.8 Å². The molecule has 5 heteroatoms. The van der Waals surface area contributed by atoms with Crippen LogP contribution in [0.4, 0.5) is 13.2 Å². The second-order valence-corrected chi connectivity index (χ2v) is 5.88. The van der Waals surface area contributed by atoms with E-state index in [2.05, 4.69) is 0 Å². The molecule has 2 aromatic carbocycles. The number of alkyl halides is 3. The highest BCUT2D eigenvalue weighted by atomic mass is 32.2. The molecule has 0 fully saturated rings. The Kier molecular flexibility index (Phi) is 4.52. The Labute approximate surface area is 125 Å². The third-order valence-corrected chi connectivity index (χ3v) is 4.38. The number of benzene rings is 2. The highest BCUT2D eigenvalue weighted by Crippen LogP contribution is 2.33. The number of rotatable bonds is 3. The molecule has 0 amide bonds. The first-order valence-electron chi connectivity index (χ1n) is 6.34. The Morgan fingerprint density at radius 2 is 1.62 bits per heavy atom. The minimum Gasteiger partial charge on any atom is -0.290 e. The number of hydrogen-bond donors (Lipinski definition) is 0. The highest BCUT2D eigenvalue weighted by molar-refractivity contribution is 7.98. The molecule has 1 radical (unpaired) electrons. The normalized spacial score (nSPS) is 11.7. The van der Waals surface area contributed by atoms with Crippen LogP contribution in [0.2, 0.25) is 0 Å². The molecule has 0 bridgehead atoms. The molecule has 111 valence electrons. The quantitative estimate of drug-likeness (QED) is 0.660. The standard InChI is InChI=1S/C16H14F3OS/c1-10-8-15(11(2)7-14(10)20)21-9-12-3-5-13(6-4-12)16(17,18)19/h3-8H,9H2,1-2H3. The van der Waals surface area contributed by atoms with Gasteiger partial charge in [0.25, 0.3) is 0 Å². The van der Waals surface area contributed by atoms with E-state index in [-0.39, 0.29) is 5.75 Å². The first-order valence-corrected chi connectivity index (χ1v) is 7.33. The number of hydrogen-bond acceptors (Lipinski definition) is 1. The monoisotopic (exact) mass is 311 g/mol. The second kappa shape index (κ2) is 6.02. The van der Waals surface area contributed by atoms with Crippen LogP contribution in [0.5, 0.6) is 5.75 Å². The first-order chi connectivity index (χ1) is 9.77. The van der Waals surface area contributed by atoms with Gasteiger partial charge in [-0.2, -0.15) is 13.2 Å². The summed E-state index contributed by atoms with van der Waals surface area (Å²) in [5, 5.41) is 11.5. The average Bonchev–Trinajstić information content (AvgIpc) is 2.41. The molecular weight excluding hydrogens is 297 g/mol. The van der Waals surface area contributed by atoms with E-state index in [4.69, 9.17) is 0 Å². The summed E-state index contributed by atoms with van der Waals surface area (Å²) in [6, 6.07) is 8.57. The van der Waals surface area contributed by atoms with Crippen LogP contribution in [0.15, 0.2) is 41.3 Å². The van der Waals surface area contributed by atoms with E-state index in [0.29, 0.717) is 11.3 Å². The summed E-state index contributed by atoms with van der Waals surface area (Å²) in [4.78, 5) is 0.979. The molecule has 2 rings (SSSR count). The van der Waals surface area contributed by atoms with E-state index < -0.39 is 11.7 Å². The lowest BCUT2D eigenvalue weighted by Crippen LogP contribution is -2.04. The molecule has 0 aromatic heterocycles. The minimum atomic E-state index is -4.30. The Bertz CT molecular complexity index is 633. The molecule has 0 atom stereocenters. The summed E-state index contributed by atoms with van der Waals surface area (Å²) in [6.07, 6.45) is -4.30. The molecular formula is C16H14F3OS. The maximum Gasteiger partial charge on any atom is 0.416 e. The van der Waals surface area contributed by atoms with E-state index in [9.17, 15) is 18.3 Å². The summed E-state index contributed by atoms with van der Waals surface area (Å²) >= 11 is 1.52. The van der Waals surface area contributed by atoms with Gasteiger partial charge in [0, 0.05) is 10.6 Å². The number of halogens is 3. The van der Waals surface area contributed by atoms with Crippen LogP contribution in [0.3, 0.4) is 0 Å². The van der Waals surface area contributed by atoms with Gasteiger partial charge in [0.2, 0.25) is 0 Å². The van der Waals surface area contributed by atoms with Gasteiger partial charge in [0.05, 0.1) is 5.56 Å². The maximum atomic E-state index is 12.5.